The average Bonchev–Trinajstić information content (AvgIpc) is 2.50. The highest BCUT2D eigenvalue weighted by Crippen LogP contribution is 2.32. The van der Waals surface area contributed by atoms with E-state index in [0.717, 1.165) is 16.5 Å². The van der Waals surface area contributed by atoms with Crippen LogP contribution in [0, 0.1) is 6.92 Å². The van der Waals surface area contributed by atoms with Gasteiger partial charge in [0.15, 0.2) is 5.78 Å². The fraction of sp³-hybridized carbons (Fsp3) is 0.118. The number of Topliss-reactive ketones (excluding diaryl/α,β-unsaturated/α-hetero) is 1. The van der Waals surface area contributed by atoms with E-state index in [1.807, 2.05) is 25.1 Å². The van der Waals surface area contributed by atoms with Crippen LogP contribution in [-0.4, -0.2) is 15.8 Å². The molecule has 0 spiro atoms. The molecule has 3 rings (SSSR count). The minimum absolute atomic E-state index is 0.0449. The summed E-state index contributed by atoms with van der Waals surface area (Å²) in [7, 11) is 0. The Labute approximate surface area is 132 Å². The van der Waals surface area contributed by atoms with E-state index in [4.69, 9.17) is 16.3 Å². The third kappa shape index (κ3) is 2.65. The number of aromatic nitrogens is 2. The van der Waals surface area contributed by atoms with Gasteiger partial charge >= 0.3 is 0 Å². The van der Waals surface area contributed by atoms with Gasteiger partial charge in [0.25, 0.3) is 0 Å². The molecule has 0 saturated carbocycles. The fourth-order valence-electron chi connectivity index (χ4n) is 2.20. The number of nitrogens with zero attached hydrogens (tertiary/aromatic N) is 2. The molecule has 0 saturated heterocycles. The smallest absolute Gasteiger partial charge is 0.230 e. The number of halogens is 1. The molecule has 1 heterocycles. The predicted molar refractivity (Wildman–Crippen MR) is 85.8 cm³/mol. The number of rotatable bonds is 3. The fourth-order valence-corrected chi connectivity index (χ4v) is 2.42. The summed E-state index contributed by atoms with van der Waals surface area (Å²) in [6.45, 7) is 3.47. The number of benzene rings is 2. The van der Waals surface area contributed by atoms with Crippen molar-refractivity contribution in [2.24, 2.45) is 0 Å². The van der Waals surface area contributed by atoms with Crippen molar-refractivity contribution < 1.29 is 9.53 Å². The molecule has 0 unspecified atom stereocenters. The highest BCUT2D eigenvalue weighted by Gasteiger charge is 2.11. The highest BCUT2D eigenvalue weighted by atomic mass is 35.5. The molecule has 5 heteroatoms. The van der Waals surface area contributed by atoms with Crippen LogP contribution in [0.2, 0.25) is 5.02 Å². The number of carbonyl (C=O) groups is 1. The van der Waals surface area contributed by atoms with Crippen LogP contribution in [0.3, 0.4) is 0 Å². The SMILES string of the molecule is CC(=O)c1ccc(Oc2ncnc3c(C)cccc23)c(Cl)c1. The van der Waals surface area contributed by atoms with E-state index < -0.39 is 0 Å². The molecule has 0 atom stereocenters. The molecule has 110 valence electrons. The number of para-hydroxylation sites is 1. The van der Waals surface area contributed by atoms with Gasteiger partial charge < -0.3 is 4.74 Å². The zero-order chi connectivity index (χ0) is 15.7. The highest BCUT2D eigenvalue weighted by molar-refractivity contribution is 6.32. The van der Waals surface area contributed by atoms with Crippen molar-refractivity contribution in [1.29, 1.82) is 0 Å². The lowest BCUT2D eigenvalue weighted by Gasteiger charge is -2.10. The second-order valence-corrected chi connectivity index (χ2v) is 5.36. The van der Waals surface area contributed by atoms with Gasteiger partial charge in [-0.15, -0.1) is 0 Å². The number of carbonyl (C=O) groups excluding carboxylic acids is 1. The van der Waals surface area contributed by atoms with Crippen molar-refractivity contribution in [2.45, 2.75) is 13.8 Å². The summed E-state index contributed by atoms with van der Waals surface area (Å²) < 4.78 is 5.82. The maximum atomic E-state index is 11.4. The molecule has 22 heavy (non-hydrogen) atoms. The van der Waals surface area contributed by atoms with E-state index >= 15 is 0 Å². The second kappa shape index (κ2) is 5.73. The monoisotopic (exact) mass is 312 g/mol. The number of ketones is 1. The van der Waals surface area contributed by atoms with Crippen molar-refractivity contribution in [3.63, 3.8) is 0 Å². The zero-order valence-electron chi connectivity index (χ0n) is 12.1. The summed E-state index contributed by atoms with van der Waals surface area (Å²) in [5, 5.41) is 1.18. The third-order valence-electron chi connectivity index (χ3n) is 3.38. The summed E-state index contributed by atoms with van der Waals surface area (Å²) >= 11 is 6.19. The van der Waals surface area contributed by atoms with E-state index in [9.17, 15) is 4.79 Å². The lowest BCUT2D eigenvalue weighted by molar-refractivity contribution is 0.101. The molecule has 1 aromatic heterocycles. The Kier molecular flexibility index (Phi) is 3.77. The first-order valence-corrected chi connectivity index (χ1v) is 7.12. The molecule has 4 nitrogen and oxygen atoms in total. The van der Waals surface area contributed by atoms with Crippen LogP contribution in [0.4, 0.5) is 0 Å². The summed E-state index contributed by atoms with van der Waals surface area (Å²) in [6, 6.07) is 10.7. The van der Waals surface area contributed by atoms with Gasteiger partial charge in [0, 0.05) is 5.56 Å². The number of fused-ring (bicyclic) bond motifs is 1. The molecule has 0 amide bonds. The first-order valence-electron chi connectivity index (χ1n) is 6.75. The van der Waals surface area contributed by atoms with Gasteiger partial charge in [-0.3, -0.25) is 4.79 Å². The van der Waals surface area contributed by atoms with Gasteiger partial charge in [-0.25, -0.2) is 9.97 Å². The van der Waals surface area contributed by atoms with E-state index in [0.29, 0.717) is 22.2 Å². The Bertz CT molecular complexity index is 878. The Morgan fingerprint density at radius 1 is 1.18 bits per heavy atom. The third-order valence-corrected chi connectivity index (χ3v) is 3.67. The van der Waals surface area contributed by atoms with E-state index in [2.05, 4.69) is 9.97 Å². The van der Waals surface area contributed by atoms with E-state index in [-0.39, 0.29) is 5.78 Å². The number of aryl methyl sites for hydroxylation is 1. The topological polar surface area (TPSA) is 52.1 Å². The molecule has 0 fully saturated rings. The molecular weight excluding hydrogens is 300 g/mol. The second-order valence-electron chi connectivity index (χ2n) is 4.95. The molecule has 0 N–H and O–H groups in total. The van der Waals surface area contributed by atoms with Crippen LogP contribution in [0.15, 0.2) is 42.7 Å². The molecule has 2 aromatic carbocycles. The minimum atomic E-state index is -0.0449. The van der Waals surface area contributed by atoms with E-state index in [1.54, 1.807) is 18.2 Å². The summed E-state index contributed by atoms with van der Waals surface area (Å²) in [4.78, 5) is 19.8. The summed E-state index contributed by atoms with van der Waals surface area (Å²) in [6.07, 6.45) is 1.46. The maximum Gasteiger partial charge on any atom is 0.230 e. The van der Waals surface area contributed by atoms with E-state index in [1.165, 1.54) is 13.3 Å². The predicted octanol–water partition coefficient (Wildman–Crippen LogP) is 4.59. The van der Waals surface area contributed by atoms with Gasteiger partial charge in [-0.2, -0.15) is 0 Å². The van der Waals surface area contributed by atoms with Crippen LogP contribution in [0.5, 0.6) is 11.6 Å². The van der Waals surface area contributed by atoms with Gasteiger partial charge in [0.05, 0.1) is 15.9 Å². The normalized spacial score (nSPS) is 10.7. The Balaban J connectivity index is 2.04. The lowest BCUT2D eigenvalue weighted by atomic mass is 10.1. The van der Waals surface area contributed by atoms with Crippen molar-refractivity contribution in [3.05, 3.63) is 58.9 Å². The number of hydrogen-bond donors (Lipinski definition) is 0. The van der Waals surface area contributed by atoms with Gasteiger partial charge in [0.1, 0.15) is 12.1 Å². The summed E-state index contributed by atoms with van der Waals surface area (Å²) in [5.41, 5.74) is 2.42. The molecular formula is C17H13ClN2O2. The van der Waals surface area contributed by atoms with Crippen molar-refractivity contribution in [3.8, 4) is 11.6 Å². The minimum Gasteiger partial charge on any atom is -0.437 e. The van der Waals surface area contributed by atoms with Crippen LogP contribution in [0.25, 0.3) is 10.9 Å². The summed E-state index contributed by atoms with van der Waals surface area (Å²) in [5.74, 6) is 0.843. The number of ether oxygens (including phenoxy) is 1. The van der Waals surface area contributed by atoms with Gasteiger partial charge in [-0.1, -0.05) is 23.7 Å². The largest absolute Gasteiger partial charge is 0.437 e. The van der Waals surface area contributed by atoms with Crippen LogP contribution in [-0.2, 0) is 0 Å². The molecule has 0 aliphatic carbocycles. The van der Waals surface area contributed by atoms with Crippen molar-refractivity contribution in [1.82, 2.24) is 9.97 Å². The Hall–Kier alpha value is -2.46. The standard InChI is InChI=1S/C17H13ClN2O2/c1-10-4-3-5-13-16(10)19-9-20-17(13)22-15-7-6-12(11(2)21)8-14(15)18/h3-9H,1-2H3. The Morgan fingerprint density at radius 3 is 2.73 bits per heavy atom. The quantitative estimate of drug-likeness (QED) is 0.664. The first-order chi connectivity index (χ1) is 10.6. The number of hydrogen-bond acceptors (Lipinski definition) is 4. The van der Waals surface area contributed by atoms with Crippen molar-refractivity contribution in [2.75, 3.05) is 0 Å². The van der Waals surface area contributed by atoms with Crippen LogP contribution in [0.1, 0.15) is 22.8 Å². The zero-order valence-corrected chi connectivity index (χ0v) is 12.9. The van der Waals surface area contributed by atoms with Gasteiger partial charge in [0.2, 0.25) is 5.88 Å². The first kappa shape index (κ1) is 14.5. The van der Waals surface area contributed by atoms with Crippen LogP contribution < -0.4 is 4.74 Å². The molecule has 0 aliphatic heterocycles. The average molecular weight is 313 g/mol. The van der Waals surface area contributed by atoms with Crippen LogP contribution >= 0.6 is 11.6 Å². The lowest BCUT2D eigenvalue weighted by Crippen LogP contribution is -1.95. The molecule has 0 aliphatic rings. The maximum absolute atomic E-state index is 11.4. The van der Waals surface area contributed by atoms with Crippen molar-refractivity contribution >= 4 is 28.3 Å². The molecule has 0 bridgehead atoms. The Morgan fingerprint density at radius 2 is 2.00 bits per heavy atom. The van der Waals surface area contributed by atoms with Gasteiger partial charge in [-0.05, 0) is 43.7 Å². The molecule has 3 aromatic rings. The molecule has 0 radical (unpaired) electrons.